The first-order chi connectivity index (χ1) is 38.1. The molecule has 3 aromatic rings. The molecule has 0 aliphatic heterocycles. The van der Waals surface area contributed by atoms with Gasteiger partial charge in [0.2, 0.25) is 53.2 Å². The number of para-hydroxylation sites is 1. The third-order valence-electron chi connectivity index (χ3n) is 13.7. The van der Waals surface area contributed by atoms with Crippen LogP contribution in [0.25, 0.3) is 10.9 Å². The van der Waals surface area contributed by atoms with E-state index in [1.807, 2.05) is 52.8 Å². The second-order valence-electron chi connectivity index (χ2n) is 22.0. The van der Waals surface area contributed by atoms with Crippen LogP contribution in [0.2, 0.25) is 0 Å². The minimum absolute atomic E-state index is 0.0173. The molecule has 3 rings (SSSR count). The van der Waals surface area contributed by atoms with Gasteiger partial charge in [-0.2, -0.15) is 11.8 Å². The van der Waals surface area contributed by atoms with Gasteiger partial charge in [0.25, 0.3) is 0 Å². The number of thioether (sulfide) groups is 1. The maximum Gasteiger partial charge on any atom is 0.326 e. The van der Waals surface area contributed by atoms with Crippen LogP contribution in [0.15, 0.2) is 54.7 Å². The number of carbonyl (C=O) groups is 10. The Labute approximate surface area is 479 Å². The molecule has 448 valence electrons. The molecule has 0 aliphatic rings. The van der Waals surface area contributed by atoms with Gasteiger partial charge < -0.3 is 68.8 Å². The van der Waals surface area contributed by atoms with E-state index in [2.05, 4.69) is 52.8 Å². The molecule has 1 aromatic heterocycles. The molecule has 81 heavy (non-hydrogen) atoms. The molecular formula is C57H87N11O12S. The number of amides is 9. The molecule has 0 bridgehead atoms. The Hall–Kier alpha value is -7.21. The van der Waals surface area contributed by atoms with Crippen LogP contribution in [-0.2, 0) is 60.8 Å². The fraction of sp³-hybridized carbons (Fsp3) is 0.579. The minimum atomic E-state index is -1.37. The van der Waals surface area contributed by atoms with Gasteiger partial charge in [0.1, 0.15) is 60.1 Å². The summed E-state index contributed by atoms with van der Waals surface area (Å²) in [5, 5.41) is 44.1. The Morgan fingerprint density at radius 1 is 0.543 bits per heavy atom. The van der Waals surface area contributed by atoms with Crippen molar-refractivity contribution >= 4 is 81.8 Å². The summed E-state index contributed by atoms with van der Waals surface area (Å²) in [4.78, 5) is 139. The van der Waals surface area contributed by atoms with Gasteiger partial charge in [-0.3, -0.25) is 43.2 Å². The molecule has 0 spiro atoms. The van der Waals surface area contributed by atoms with Gasteiger partial charge in [0.15, 0.2) is 0 Å². The van der Waals surface area contributed by atoms with Crippen molar-refractivity contribution in [2.75, 3.05) is 12.0 Å². The third kappa shape index (κ3) is 22.0. The summed E-state index contributed by atoms with van der Waals surface area (Å²) in [5.41, 5.74) is 8.05. The lowest BCUT2D eigenvalue weighted by Crippen LogP contribution is -2.61. The van der Waals surface area contributed by atoms with Gasteiger partial charge in [-0.05, 0) is 105 Å². The average molecular weight is 1150 g/mol. The maximum atomic E-state index is 14.3. The molecule has 14 N–H and O–H groups in total. The van der Waals surface area contributed by atoms with Crippen LogP contribution in [-0.4, -0.2) is 147 Å². The molecule has 1 heterocycles. The zero-order chi connectivity index (χ0) is 60.8. The number of aromatic hydroxyl groups is 1. The molecule has 0 saturated heterocycles. The molecule has 0 aliphatic carbocycles. The lowest BCUT2D eigenvalue weighted by Gasteiger charge is -2.29. The zero-order valence-corrected chi connectivity index (χ0v) is 49.5. The van der Waals surface area contributed by atoms with E-state index in [9.17, 15) is 58.2 Å². The van der Waals surface area contributed by atoms with E-state index in [0.717, 1.165) is 10.9 Å². The SMILES string of the molecule is CC[C@H](C)[C@H](NC(=O)[C@@H](N)CC(C)C)C(=O)N[C@@H](CC(C)C)C(=O)N[C@@H](C)C(=O)N[C@H](C(=O)N[C@@H](Cc1c[nH]c2ccccc12)C(=O)N[C@@H](C)C(=O)N[C@@H](CCSC)C(=O)N[C@@H](C)C(=O)N[C@@H](Cc1ccc(O)cc1)C(=O)O)C(C)C. The predicted octanol–water partition coefficient (Wildman–Crippen LogP) is 2.04. The van der Waals surface area contributed by atoms with Crippen LogP contribution >= 0.6 is 11.8 Å². The number of H-pyrrole nitrogens is 1. The van der Waals surface area contributed by atoms with Crippen molar-refractivity contribution in [3.63, 3.8) is 0 Å². The number of carboxylic acids is 1. The van der Waals surface area contributed by atoms with Crippen molar-refractivity contribution in [3.8, 4) is 5.75 Å². The second-order valence-corrected chi connectivity index (χ2v) is 22.9. The predicted molar refractivity (Wildman–Crippen MR) is 310 cm³/mol. The summed E-state index contributed by atoms with van der Waals surface area (Å²) in [6.45, 7) is 18.8. The van der Waals surface area contributed by atoms with Crippen LogP contribution in [0.1, 0.15) is 113 Å². The normalized spacial score (nSPS) is 15.5. The fourth-order valence-corrected chi connectivity index (χ4v) is 9.12. The minimum Gasteiger partial charge on any atom is -0.508 e. The number of fused-ring (bicyclic) bond motifs is 1. The van der Waals surface area contributed by atoms with Crippen molar-refractivity contribution in [1.82, 2.24) is 52.8 Å². The monoisotopic (exact) mass is 1150 g/mol. The molecule has 24 heteroatoms. The van der Waals surface area contributed by atoms with Gasteiger partial charge >= 0.3 is 5.97 Å². The number of nitrogens with two attached hydrogens (primary N) is 1. The number of rotatable bonds is 33. The molecular weight excluding hydrogens is 1060 g/mol. The summed E-state index contributed by atoms with van der Waals surface area (Å²) in [7, 11) is 0. The molecule has 23 nitrogen and oxygen atoms in total. The van der Waals surface area contributed by atoms with Gasteiger partial charge in [-0.15, -0.1) is 0 Å². The lowest BCUT2D eigenvalue weighted by molar-refractivity contribution is -0.142. The highest BCUT2D eigenvalue weighted by Gasteiger charge is 2.36. The van der Waals surface area contributed by atoms with Crippen molar-refractivity contribution < 1.29 is 58.2 Å². The summed E-state index contributed by atoms with van der Waals surface area (Å²) >= 11 is 1.39. The highest BCUT2D eigenvalue weighted by atomic mass is 32.2. The number of carbonyl (C=O) groups excluding carboxylic acids is 9. The lowest BCUT2D eigenvalue weighted by atomic mass is 9.95. The number of nitrogens with one attached hydrogen (secondary N) is 10. The molecule has 2 aromatic carbocycles. The zero-order valence-electron chi connectivity index (χ0n) is 48.7. The molecule has 0 saturated carbocycles. The topological polar surface area (TPSA) is 361 Å². The van der Waals surface area contributed by atoms with Crippen LogP contribution in [0.3, 0.4) is 0 Å². The van der Waals surface area contributed by atoms with E-state index in [-0.39, 0.29) is 49.2 Å². The van der Waals surface area contributed by atoms with Crippen LogP contribution in [0.5, 0.6) is 5.75 Å². The van der Waals surface area contributed by atoms with Crippen LogP contribution < -0.4 is 53.6 Å². The number of carboxylic acid groups (broad SMARTS) is 1. The molecule has 9 amide bonds. The van der Waals surface area contributed by atoms with E-state index >= 15 is 0 Å². The number of phenolic OH excluding ortho intramolecular Hbond substituents is 1. The van der Waals surface area contributed by atoms with E-state index < -0.39 is 125 Å². The first-order valence-electron chi connectivity index (χ1n) is 27.6. The number of phenols is 1. The summed E-state index contributed by atoms with van der Waals surface area (Å²) < 4.78 is 0. The number of benzene rings is 2. The number of hydrogen-bond donors (Lipinski definition) is 13. The Morgan fingerprint density at radius 2 is 1.02 bits per heavy atom. The van der Waals surface area contributed by atoms with Crippen molar-refractivity contribution in [3.05, 3.63) is 65.9 Å². The quantitative estimate of drug-likeness (QED) is 0.0415. The number of hydrogen-bond acceptors (Lipinski definition) is 13. The number of aromatic nitrogens is 1. The molecule has 0 unspecified atom stereocenters. The van der Waals surface area contributed by atoms with Gasteiger partial charge in [-0.25, -0.2) is 4.79 Å². The van der Waals surface area contributed by atoms with Crippen molar-refractivity contribution in [2.24, 2.45) is 29.4 Å². The van der Waals surface area contributed by atoms with E-state index in [0.29, 0.717) is 29.7 Å². The number of aromatic amines is 1. The fourth-order valence-electron chi connectivity index (χ4n) is 8.65. The average Bonchev–Trinajstić information content (AvgIpc) is 3.91. The van der Waals surface area contributed by atoms with Crippen LogP contribution in [0.4, 0.5) is 0 Å². The van der Waals surface area contributed by atoms with Crippen LogP contribution in [0, 0.1) is 23.7 Å². The van der Waals surface area contributed by atoms with Crippen molar-refractivity contribution in [2.45, 2.75) is 175 Å². The summed E-state index contributed by atoms with van der Waals surface area (Å²) in [6, 6.07) is 1.24. The van der Waals surface area contributed by atoms with E-state index in [4.69, 9.17) is 5.73 Å². The number of aliphatic carboxylic acids is 1. The molecule has 0 fully saturated rings. The first kappa shape index (κ1) is 68.1. The molecule has 0 radical (unpaired) electrons. The molecule has 11 atom stereocenters. The Bertz CT molecular complexity index is 2630. The third-order valence-corrected chi connectivity index (χ3v) is 14.3. The largest absolute Gasteiger partial charge is 0.508 e. The Morgan fingerprint density at radius 3 is 1.56 bits per heavy atom. The van der Waals surface area contributed by atoms with E-state index in [1.54, 1.807) is 39.3 Å². The highest BCUT2D eigenvalue weighted by molar-refractivity contribution is 7.98. The standard InChI is InChI=1S/C57H87N11O12S/c1-13-32(8)47(68-51(73)40(58)24-29(2)3)56(78)64-43(25-30(4)5)53(75)62-35(11)50(72)67-46(31(6)7)55(77)65-44(27-37-28-59-41-17-15-14-16-39(37)41)54(76)61-33(9)48(70)63-42(22-23-81-12)52(74)60-34(10)49(71)66-45(57(79)80)26-36-18-20-38(69)21-19-36/h14-21,28-35,40,42-47,59,69H,13,22-27,58H2,1-12H3,(H,60,74)(H,61,76)(H,62,75)(H,63,70)(H,64,78)(H,65,77)(H,66,71)(H,67,72)(H,68,73)(H,79,80)/t32-,33-,34-,35-,40-,42-,43-,44-,45-,46-,47-/m0/s1. The van der Waals surface area contributed by atoms with Crippen molar-refractivity contribution in [1.29, 1.82) is 0 Å². The van der Waals surface area contributed by atoms with E-state index in [1.165, 1.54) is 56.8 Å². The van der Waals surface area contributed by atoms with Gasteiger partial charge in [0.05, 0.1) is 6.04 Å². The van der Waals surface area contributed by atoms with Gasteiger partial charge in [-0.1, -0.05) is 92.1 Å². The Balaban J connectivity index is 1.78. The highest BCUT2D eigenvalue weighted by Crippen LogP contribution is 2.20. The summed E-state index contributed by atoms with van der Waals surface area (Å²) in [5.74, 6) is -8.13. The maximum absolute atomic E-state index is 14.3. The Kier molecular flexibility index (Phi) is 27.6. The second kappa shape index (κ2) is 32.9. The van der Waals surface area contributed by atoms with Gasteiger partial charge in [0, 0.05) is 29.9 Å². The summed E-state index contributed by atoms with van der Waals surface area (Å²) in [6.07, 6.45) is 4.53. The smallest absolute Gasteiger partial charge is 0.326 e. The first-order valence-corrected chi connectivity index (χ1v) is 29.0.